The van der Waals surface area contributed by atoms with E-state index < -0.39 is 12.1 Å². The molecule has 0 saturated carbocycles. The number of halogens is 2. The molecular formula is C28H23ClFN3O2. The van der Waals surface area contributed by atoms with Crippen LogP contribution in [-0.2, 0) is 22.4 Å². The van der Waals surface area contributed by atoms with Gasteiger partial charge in [0.25, 0.3) is 0 Å². The second kappa shape index (κ2) is 8.54. The van der Waals surface area contributed by atoms with Gasteiger partial charge in [0.05, 0.1) is 12.6 Å². The maximum atomic E-state index is 13.7. The Morgan fingerprint density at radius 1 is 1.00 bits per heavy atom. The first-order valence-electron chi connectivity index (χ1n) is 11.7. The number of amides is 2. The maximum absolute atomic E-state index is 13.7. The number of hydrogen-bond donors (Lipinski definition) is 1. The maximum Gasteiger partial charge on any atom is 0.246 e. The molecule has 5 nitrogen and oxygen atoms in total. The first-order chi connectivity index (χ1) is 17.0. The molecule has 1 N–H and O–H groups in total. The molecule has 3 heterocycles. The minimum Gasteiger partial charge on any atom is -0.356 e. The molecule has 2 amide bonds. The number of aromatic amines is 1. The Labute approximate surface area is 207 Å². The van der Waals surface area contributed by atoms with Gasteiger partial charge in [0, 0.05) is 34.6 Å². The van der Waals surface area contributed by atoms with Crippen molar-refractivity contribution in [3.8, 4) is 0 Å². The number of carbonyl (C=O) groups excluding carboxylic acids is 2. The zero-order valence-corrected chi connectivity index (χ0v) is 19.6. The van der Waals surface area contributed by atoms with Crippen LogP contribution in [-0.4, -0.2) is 45.7 Å². The van der Waals surface area contributed by atoms with Gasteiger partial charge in [0.15, 0.2) is 0 Å². The summed E-state index contributed by atoms with van der Waals surface area (Å²) < 4.78 is 13.6. The molecule has 0 radical (unpaired) electrons. The predicted molar refractivity (Wildman–Crippen MR) is 133 cm³/mol. The van der Waals surface area contributed by atoms with Gasteiger partial charge in [0.1, 0.15) is 11.9 Å². The summed E-state index contributed by atoms with van der Waals surface area (Å²) in [7, 11) is 0. The van der Waals surface area contributed by atoms with Gasteiger partial charge in [-0.1, -0.05) is 54.1 Å². The van der Waals surface area contributed by atoms with Gasteiger partial charge in [-0.15, -0.1) is 0 Å². The van der Waals surface area contributed by atoms with E-state index in [-0.39, 0.29) is 24.2 Å². The Bertz CT molecular complexity index is 1470. The molecule has 7 heteroatoms. The van der Waals surface area contributed by atoms with E-state index in [2.05, 4.69) is 4.98 Å². The van der Waals surface area contributed by atoms with Crippen LogP contribution < -0.4 is 0 Å². The highest BCUT2D eigenvalue weighted by Crippen LogP contribution is 2.42. The minimum atomic E-state index is -0.612. The van der Waals surface area contributed by atoms with Crippen molar-refractivity contribution in [3.05, 3.63) is 106 Å². The first-order valence-corrected chi connectivity index (χ1v) is 12.1. The Kier molecular flexibility index (Phi) is 5.33. The van der Waals surface area contributed by atoms with Crippen molar-refractivity contribution in [2.75, 3.05) is 13.1 Å². The predicted octanol–water partition coefficient (Wildman–Crippen LogP) is 4.89. The number of carbonyl (C=O) groups is 2. The molecule has 4 aromatic rings. The highest BCUT2D eigenvalue weighted by molar-refractivity contribution is 6.30. The van der Waals surface area contributed by atoms with E-state index in [0.717, 1.165) is 33.3 Å². The average Bonchev–Trinajstić information content (AvgIpc) is 3.22. The van der Waals surface area contributed by atoms with Crippen molar-refractivity contribution in [3.63, 3.8) is 0 Å². The average molecular weight is 488 g/mol. The Balaban J connectivity index is 1.39. The zero-order valence-electron chi connectivity index (χ0n) is 18.9. The SMILES string of the molecule is O=C1[C@@H]2Cc3c([nH]c4ccccc34)C(c3cccc(Cl)c3)N2C(=O)CN1CCc1cccc(F)c1. The number of rotatable bonds is 4. The van der Waals surface area contributed by atoms with E-state index in [9.17, 15) is 14.0 Å². The van der Waals surface area contributed by atoms with Crippen LogP contribution in [0.25, 0.3) is 10.9 Å². The Hall–Kier alpha value is -3.64. The zero-order chi connectivity index (χ0) is 24.1. The standard InChI is InChI=1S/C28H23ClFN3O2/c29-19-7-4-6-18(14-19)27-26-22(21-9-1-2-10-23(21)31-26)15-24-28(35)32(16-25(34)33(24)27)12-11-17-5-3-8-20(30)13-17/h1-10,13-14,24,27,31H,11-12,15-16H2/t24-,27?/m0/s1. The molecule has 3 aromatic carbocycles. The molecule has 35 heavy (non-hydrogen) atoms. The van der Waals surface area contributed by atoms with Crippen LogP contribution in [0.2, 0.25) is 5.02 Å². The van der Waals surface area contributed by atoms with Crippen LogP contribution in [0.15, 0.2) is 72.8 Å². The van der Waals surface area contributed by atoms with Crippen molar-refractivity contribution >= 4 is 34.3 Å². The van der Waals surface area contributed by atoms with E-state index in [4.69, 9.17) is 11.6 Å². The lowest BCUT2D eigenvalue weighted by molar-refractivity contribution is -0.158. The summed E-state index contributed by atoms with van der Waals surface area (Å²) in [6, 6.07) is 20.8. The van der Waals surface area contributed by atoms with E-state index >= 15 is 0 Å². The topological polar surface area (TPSA) is 56.4 Å². The van der Waals surface area contributed by atoms with Crippen molar-refractivity contribution < 1.29 is 14.0 Å². The molecule has 2 aliphatic heterocycles. The van der Waals surface area contributed by atoms with Crippen LogP contribution >= 0.6 is 11.6 Å². The molecule has 0 spiro atoms. The summed E-state index contributed by atoms with van der Waals surface area (Å²) in [5.74, 6) is -0.495. The fourth-order valence-corrected chi connectivity index (χ4v) is 5.69. The van der Waals surface area contributed by atoms with Gasteiger partial charge >= 0.3 is 0 Å². The lowest BCUT2D eigenvalue weighted by Crippen LogP contribution is -2.63. The fourth-order valence-electron chi connectivity index (χ4n) is 5.49. The Morgan fingerprint density at radius 3 is 2.66 bits per heavy atom. The molecule has 176 valence electrons. The first kappa shape index (κ1) is 21.9. The molecule has 0 bridgehead atoms. The number of H-pyrrole nitrogens is 1. The fraction of sp³-hybridized carbons (Fsp3) is 0.214. The summed E-state index contributed by atoms with van der Waals surface area (Å²) in [4.78, 5) is 34.2. The van der Waals surface area contributed by atoms with Crippen molar-refractivity contribution in [1.29, 1.82) is 0 Å². The molecule has 1 aromatic heterocycles. The highest BCUT2D eigenvalue weighted by atomic mass is 35.5. The van der Waals surface area contributed by atoms with Crippen LogP contribution in [0.4, 0.5) is 4.39 Å². The molecule has 2 aliphatic rings. The smallest absolute Gasteiger partial charge is 0.246 e. The second-order valence-corrected chi connectivity index (χ2v) is 9.62. The van der Waals surface area contributed by atoms with Crippen LogP contribution in [0.5, 0.6) is 0 Å². The van der Waals surface area contributed by atoms with Gasteiger partial charge in [-0.3, -0.25) is 9.59 Å². The number of fused-ring (bicyclic) bond motifs is 4. The summed E-state index contributed by atoms with van der Waals surface area (Å²) >= 11 is 6.33. The third-order valence-electron chi connectivity index (χ3n) is 7.07. The molecule has 6 rings (SSSR count). The molecule has 2 atom stereocenters. The molecule has 1 fully saturated rings. The van der Waals surface area contributed by atoms with Gasteiger partial charge < -0.3 is 14.8 Å². The van der Waals surface area contributed by atoms with Gasteiger partial charge in [-0.2, -0.15) is 0 Å². The Morgan fingerprint density at radius 2 is 1.83 bits per heavy atom. The molecule has 1 unspecified atom stereocenters. The number of benzene rings is 3. The van der Waals surface area contributed by atoms with Gasteiger partial charge in [-0.25, -0.2) is 4.39 Å². The third kappa shape index (κ3) is 3.78. The van der Waals surface area contributed by atoms with Crippen LogP contribution in [0, 0.1) is 5.82 Å². The molecule has 0 aliphatic carbocycles. The lowest BCUT2D eigenvalue weighted by atomic mass is 9.86. The largest absolute Gasteiger partial charge is 0.356 e. The van der Waals surface area contributed by atoms with Crippen molar-refractivity contribution in [2.24, 2.45) is 0 Å². The number of nitrogens with zero attached hydrogens (tertiary/aromatic N) is 2. The second-order valence-electron chi connectivity index (χ2n) is 9.18. The quantitative estimate of drug-likeness (QED) is 0.445. The van der Waals surface area contributed by atoms with Crippen LogP contribution in [0.3, 0.4) is 0 Å². The summed E-state index contributed by atoms with van der Waals surface area (Å²) in [5, 5.41) is 1.64. The highest BCUT2D eigenvalue weighted by Gasteiger charge is 2.48. The summed E-state index contributed by atoms with van der Waals surface area (Å²) in [6.07, 6.45) is 0.928. The van der Waals surface area contributed by atoms with E-state index in [1.165, 1.54) is 12.1 Å². The van der Waals surface area contributed by atoms with Gasteiger partial charge in [-0.05, 0) is 53.4 Å². The molecular weight excluding hydrogens is 465 g/mol. The van der Waals surface area contributed by atoms with Gasteiger partial charge in [0.2, 0.25) is 11.8 Å². The van der Waals surface area contributed by atoms with E-state index in [0.29, 0.717) is 24.4 Å². The normalized spacial score (nSPS) is 19.7. The summed E-state index contributed by atoms with van der Waals surface area (Å²) in [6.45, 7) is 0.359. The number of hydrogen-bond acceptors (Lipinski definition) is 2. The monoisotopic (exact) mass is 487 g/mol. The van der Waals surface area contributed by atoms with Crippen molar-refractivity contribution in [1.82, 2.24) is 14.8 Å². The van der Waals surface area contributed by atoms with E-state index in [1.807, 2.05) is 48.5 Å². The number of piperazine rings is 1. The van der Waals surface area contributed by atoms with Crippen LogP contribution in [0.1, 0.15) is 28.4 Å². The van der Waals surface area contributed by atoms with Crippen molar-refractivity contribution in [2.45, 2.75) is 24.9 Å². The third-order valence-corrected chi connectivity index (χ3v) is 7.30. The number of nitrogens with one attached hydrogen (secondary N) is 1. The lowest BCUT2D eigenvalue weighted by Gasteiger charge is -2.47. The summed E-state index contributed by atoms with van der Waals surface area (Å²) in [5.41, 5.74) is 4.63. The minimum absolute atomic E-state index is 0.00270. The van der Waals surface area contributed by atoms with E-state index in [1.54, 1.807) is 21.9 Å². The molecule has 1 saturated heterocycles. The number of para-hydroxylation sites is 1. The number of aromatic nitrogens is 1.